The number of benzene rings is 1. The fourth-order valence-corrected chi connectivity index (χ4v) is 6.51. The Hall–Kier alpha value is -1.33. The van der Waals surface area contributed by atoms with Crippen molar-refractivity contribution < 1.29 is 22.7 Å². The lowest BCUT2D eigenvalue weighted by atomic mass is 9.95. The molecule has 0 saturated heterocycles. The van der Waals surface area contributed by atoms with Gasteiger partial charge >= 0.3 is 5.97 Å². The molecule has 1 N–H and O–H groups in total. The molecule has 9 heteroatoms. The predicted octanol–water partition coefficient (Wildman–Crippen LogP) is 3.83. The standard InChI is InChI=1S/C17H18INO5S2/c1-23-13-8-7-10(9-12(13)18)26(21,22)19-16-15(17(20)24-2)11-5-3-4-6-14(11)25-16/h7-9,19H,3-6H2,1-2H3. The number of hydrogen-bond acceptors (Lipinski definition) is 6. The van der Waals surface area contributed by atoms with Gasteiger partial charge < -0.3 is 9.47 Å². The van der Waals surface area contributed by atoms with Crippen LogP contribution < -0.4 is 9.46 Å². The van der Waals surface area contributed by atoms with Crippen LogP contribution >= 0.6 is 33.9 Å². The molecular formula is C17H18INO5S2. The maximum absolute atomic E-state index is 12.8. The molecular weight excluding hydrogens is 489 g/mol. The molecule has 1 aromatic heterocycles. The van der Waals surface area contributed by atoms with Gasteiger partial charge in [-0.15, -0.1) is 11.3 Å². The monoisotopic (exact) mass is 507 g/mol. The summed E-state index contributed by atoms with van der Waals surface area (Å²) >= 11 is 3.34. The second kappa shape index (κ2) is 7.73. The first-order valence-corrected chi connectivity index (χ1v) is 11.3. The number of rotatable bonds is 5. The van der Waals surface area contributed by atoms with Crippen LogP contribution in [0.2, 0.25) is 0 Å². The highest BCUT2D eigenvalue weighted by molar-refractivity contribution is 14.1. The van der Waals surface area contributed by atoms with E-state index in [1.54, 1.807) is 6.07 Å². The van der Waals surface area contributed by atoms with Crippen molar-refractivity contribution in [2.24, 2.45) is 0 Å². The smallest absolute Gasteiger partial charge is 0.341 e. The molecule has 0 amide bonds. The molecule has 0 spiro atoms. The van der Waals surface area contributed by atoms with Crippen molar-refractivity contribution in [1.29, 1.82) is 0 Å². The van der Waals surface area contributed by atoms with E-state index in [4.69, 9.17) is 9.47 Å². The Bertz CT molecular complexity index is 952. The summed E-state index contributed by atoms with van der Waals surface area (Å²) < 4.78 is 39.0. The Labute approximate surface area is 170 Å². The second-order valence-corrected chi connectivity index (χ2v) is 9.76. The van der Waals surface area contributed by atoms with Gasteiger partial charge in [0.2, 0.25) is 0 Å². The lowest BCUT2D eigenvalue weighted by molar-refractivity contribution is 0.0601. The molecule has 0 saturated carbocycles. The molecule has 1 aliphatic carbocycles. The minimum atomic E-state index is -3.83. The minimum Gasteiger partial charge on any atom is -0.496 e. The number of sulfonamides is 1. The summed E-state index contributed by atoms with van der Waals surface area (Å²) in [4.78, 5) is 13.4. The molecule has 2 aromatic rings. The van der Waals surface area contributed by atoms with Crippen LogP contribution in [0.4, 0.5) is 5.00 Å². The van der Waals surface area contributed by atoms with Gasteiger partial charge in [0, 0.05) is 4.88 Å². The number of anilines is 1. The summed E-state index contributed by atoms with van der Waals surface area (Å²) in [6, 6.07) is 4.62. The highest BCUT2D eigenvalue weighted by atomic mass is 127. The molecule has 1 aliphatic rings. The van der Waals surface area contributed by atoms with Crippen molar-refractivity contribution in [3.8, 4) is 5.75 Å². The zero-order chi connectivity index (χ0) is 18.9. The van der Waals surface area contributed by atoms with E-state index in [9.17, 15) is 13.2 Å². The van der Waals surface area contributed by atoms with E-state index in [-0.39, 0.29) is 4.90 Å². The van der Waals surface area contributed by atoms with Crippen molar-refractivity contribution in [1.82, 2.24) is 0 Å². The minimum absolute atomic E-state index is 0.116. The highest BCUT2D eigenvalue weighted by Crippen LogP contribution is 2.39. The normalized spacial score (nSPS) is 13.8. The Kier molecular flexibility index (Phi) is 5.78. The van der Waals surface area contributed by atoms with Crippen molar-refractivity contribution in [3.63, 3.8) is 0 Å². The summed E-state index contributed by atoms with van der Waals surface area (Å²) in [5, 5.41) is 0.328. The summed E-state index contributed by atoms with van der Waals surface area (Å²) in [7, 11) is -0.997. The quantitative estimate of drug-likeness (QED) is 0.492. The summed E-state index contributed by atoms with van der Waals surface area (Å²) in [6.45, 7) is 0. The van der Waals surface area contributed by atoms with Gasteiger partial charge in [0.15, 0.2) is 0 Å². The fraction of sp³-hybridized carbons (Fsp3) is 0.353. The van der Waals surface area contributed by atoms with E-state index in [1.165, 1.54) is 37.7 Å². The van der Waals surface area contributed by atoms with Gasteiger partial charge in [0.25, 0.3) is 10.0 Å². The number of hydrogen-bond donors (Lipinski definition) is 1. The van der Waals surface area contributed by atoms with Gasteiger partial charge in [-0.3, -0.25) is 4.72 Å². The van der Waals surface area contributed by atoms with E-state index >= 15 is 0 Å². The molecule has 1 aromatic carbocycles. The van der Waals surface area contributed by atoms with E-state index in [1.807, 2.05) is 22.6 Å². The van der Waals surface area contributed by atoms with Crippen LogP contribution in [-0.2, 0) is 27.6 Å². The van der Waals surface area contributed by atoms with Gasteiger partial charge in [0.1, 0.15) is 10.8 Å². The van der Waals surface area contributed by atoms with E-state index in [2.05, 4.69) is 4.72 Å². The van der Waals surface area contributed by atoms with Crippen LogP contribution in [0.1, 0.15) is 33.6 Å². The lowest BCUT2D eigenvalue weighted by Crippen LogP contribution is -2.16. The average molecular weight is 507 g/mol. The number of carbonyl (C=O) groups excluding carboxylic acids is 1. The molecule has 0 unspecified atom stereocenters. The number of thiophene rings is 1. The third kappa shape index (κ3) is 3.70. The van der Waals surface area contributed by atoms with Crippen molar-refractivity contribution in [2.75, 3.05) is 18.9 Å². The summed E-state index contributed by atoms with van der Waals surface area (Å²) in [5.41, 5.74) is 1.26. The first kappa shape index (κ1) is 19.4. The molecule has 0 aliphatic heterocycles. The number of aryl methyl sites for hydroxylation is 1. The van der Waals surface area contributed by atoms with Crippen molar-refractivity contribution in [2.45, 2.75) is 30.6 Å². The molecule has 0 radical (unpaired) electrons. The summed E-state index contributed by atoms with van der Waals surface area (Å²) in [6.07, 6.45) is 3.64. The van der Waals surface area contributed by atoms with Crippen LogP contribution in [0.15, 0.2) is 23.1 Å². The number of halogens is 1. The third-order valence-corrected chi connectivity index (χ3v) is 7.75. The number of ether oxygens (including phenoxy) is 2. The zero-order valence-corrected chi connectivity index (χ0v) is 18.1. The van der Waals surface area contributed by atoms with Gasteiger partial charge in [-0.05, 0) is 72.0 Å². The maximum Gasteiger partial charge on any atom is 0.341 e. The average Bonchev–Trinajstić information content (AvgIpc) is 2.98. The third-order valence-electron chi connectivity index (χ3n) is 4.22. The lowest BCUT2D eigenvalue weighted by Gasteiger charge is -2.12. The van der Waals surface area contributed by atoms with Gasteiger partial charge in [-0.1, -0.05) is 0 Å². The number of fused-ring (bicyclic) bond motifs is 1. The number of nitrogens with one attached hydrogen (secondary N) is 1. The SMILES string of the molecule is COC(=O)c1c(NS(=O)(=O)c2ccc(OC)c(I)c2)sc2c1CCCC2. The van der Waals surface area contributed by atoms with E-state index in [0.29, 0.717) is 19.9 Å². The summed E-state index contributed by atoms with van der Waals surface area (Å²) in [5.74, 6) is 0.0952. The fourth-order valence-electron chi connectivity index (χ4n) is 2.95. The first-order chi connectivity index (χ1) is 12.4. The number of esters is 1. The van der Waals surface area contributed by atoms with Crippen molar-refractivity contribution in [3.05, 3.63) is 37.8 Å². The van der Waals surface area contributed by atoms with E-state index < -0.39 is 16.0 Å². The molecule has 26 heavy (non-hydrogen) atoms. The first-order valence-electron chi connectivity index (χ1n) is 7.96. The van der Waals surface area contributed by atoms with Gasteiger partial charge in [-0.2, -0.15) is 0 Å². The van der Waals surface area contributed by atoms with Gasteiger partial charge in [-0.25, -0.2) is 13.2 Å². The van der Waals surface area contributed by atoms with Crippen LogP contribution in [0.3, 0.4) is 0 Å². The molecule has 1 heterocycles. The number of methoxy groups -OCH3 is 2. The Balaban J connectivity index is 2.01. The van der Waals surface area contributed by atoms with Gasteiger partial charge in [0.05, 0.1) is 28.2 Å². The second-order valence-electron chi connectivity index (χ2n) is 5.81. The van der Waals surface area contributed by atoms with E-state index in [0.717, 1.165) is 36.1 Å². The molecule has 3 rings (SSSR count). The molecule has 140 valence electrons. The Morgan fingerprint density at radius 1 is 1.23 bits per heavy atom. The highest BCUT2D eigenvalue weighted by Gasteiger charge is 2.28. The Morgan fingerprint density at radius 2 is 1.96 bits per heavy atom. The topological polar surface area (TPSA) is 81.7 Å². The molecule has 0 bridgehead atoms. The van der Waals surface area contributed by atoms with Crippen molar-refractivity contribution >= 4 is 54.9 Å². The molecule has 0 fully saturated rings. The Morgan fingerprint density at radius 3 is 2.62 bits per heavy atom. The maximum atomic E-state index is 12.8. The number of carbonyl (C=O) groups is 1. The van der Waals surface area contributed by atoms with Crippen LogP contribution in [0.5, 0.6) is 5.75 Å². The van der Waals surface area contributed by atoms with Crippen LogP contribution in [-0.4, -0.2) is 28.6 Å². The predicted molar refractivity (Wildman–Crippen MR) is 109 cm³/mol. The zero-order valence-electron chi connectivity index (χ0n) is 14.3. The van der Waals surface area contributed by atoms with Crippen LogP contribution in [0, 0.1) is 3.57 Å². The largest absolute Gasteiger partial charge is 0.496 e. The van der Waals surface area contributed by atoms with Crippen LogP contribution in [0.25, 0.3) is 0 Å². The molecule has 6 nitrogen and oxygen atoms in total. The molecule has 0 atom stereocenters.